The van der Waals surface area contributed by atoms with E-state index in [1.165, 1.54) is 24.0 Å². The van der Waals surface area contributed by atoms with Crippen molar-refractivity contribution in [3.8, 4) is 5.75 Å². The number of allylic oxidation sites excluding steroid dienone is 1. The van der Waals surface area contributed by atoms with Crippen LogP contribution in [0.4, 0.5) is 10.5 Å². The van der Waals surface area contributed by atoms with Gasteiger partial charge in [-0.3, -0.25) is 4.90 Å². The monoisotopic (exact) mass is 515 g/mol. The summed E-state index contributed by atoms with van der Waals surface area (Å²) in [6, 6.07) is 5.58. The average molecular weight is 516 g/mol. The molecule has 0 aliphatic carbocycles. The smallest absolute Gasteiger partial charge is 0.344 e. The second-order valence-electron chi connectivity index (χ2n) is 8.96. The molecule has 2 aromatic rings. The Hall–Kier alpha value is -3.50. The molecule has 1 amide bonds. The van der Waals surface area contributed by atoms with Gasteiger partial charge in [-0.05, 0) is 48.7 Å². The highest BCUT2D eigenvalue weighted by molar-refractivity contribution is 6.31. The van der Waals surface area contributed by atoms with Crippen LogP contribution in [0.25, 0.3) is 0 Å². The van der Waals surface area contributed by atoms with Crippen molar-refractivity contribution in [2.24, 2.45) is 23.3 Å². The fourth-order valence-corrected chi connectivity index (χ4v) is 4.71. The number of nitrogens with two attached hydrogens (primary N) is 2. The number of carbonyl (C=O) groups excluding carboxylic acids is 2. The molecule has 1 aromatic heterocycles. The summed E-state index contributed by atoms with van der Waals surface area (Å²) in [5.74, 6) is 1.96. The molecule has 4 N–H and O–H groups in total. The Morgan fingerprint density at radius 3 is 2.42 bits per heavy atom. The number of hydrogen-bond acceptors (Lipinski definition) is 8. The Morgan fingerprint density at radius 1 is 1.22 bits per heavy atom. The van der Waals surface area contributed by atoms with Gasteiger partial charge in [0.25, 0.3) is 0 Å². The van der Waals surface area contributed by atoms with Crippen LogP contribution in [0.3, 0.4) is 0 Å². The van der Waals surface area contributed by atoms with Crippen molar-refractivity contribution in [2.45, 2.75) is 13.5 Å². The highest BCUT2D eigenvalue weighted by Gasteiger charge is 2.42. The van der Waals surface area contributed by atoms with Gasteiger partial charge in [-0.2, -0.15) is 9.78 Å². The molecular formula is C25H34ClN7O3. The minimum atomic E-state index is -0.0574. The molecule has 1 aromatic carbocycles. The summed E-state index contributed by atoms with van der Waals surface area (Å²) < 4.78 is 7.12. The number of amides is 1. The molecule has 194 valence electrons. The summed E-state index contributed by atoms with van der Waals surface area (Å²) in [6.07, 6.45) is 8.52. The Balaban J connectivity index is 0.00000115. The third-order valence-corrected chi connectivity index (χ3v) is 6.54. The zero-order valence-electron chi connectivity index (χ0n) is 20.9. The van der Waals surface area contributed by atoms with Crippen LogP contribution in [0.2, 0.25) is 5.02 Å². The molecule has 2 aliphatic rings. The van der Waals surface area contributed by atoms with Crippen LogP contribution >= 0.6 is 11.6 Å². The molecule has 0 saturated carbocycles. The second-order valence-corrected chi connectivity index (χ2v) is 9.37. The maximum absolute atomic E-state index is 12.8. The van der Waals surface area contributed by atoms with Crippen LogP contribution in [0.1, 0.15) is 12.5 Å². The van der Waals surface area contributed by atoms with Gasteiger partial charge in [-0.15, -0.1) is 0 Å². The molecule has 2 saturated heterocycles. The maximum Gasteiger partial charge on any atom is 0.344 e. The molecule has 0 spiro atoms. The van der Waals surface area contributed by atoms with Crippen molar-refractivity contribution >= 4 is 29.6 Å². The number of aldehydes is 1. The zero-order valence-corrected chi connectivity index (χ0v) is 21.6. The maximum atomic E-state index is 12.8. The lowest BCUT2D eigenvalue weighted by Crippen LogP contribution is -2.36. The van der Waals surface area contributed by atoms with E-state index in [0.29, 0.717) is 28.4 Å². The fraction of sp³-hybridized carbons (Fsp3) is 0.400. The first-order chi connectivity index (χ1) is 17.3. The third kappa shape index (κ3) is 6.58. The fourth-order valence-electron chi connectivity index (χ4n) is 4.48. The Bertz CT molecular complexity index is 1100. The Labute approximate surface area is 216 Å². The number of halogens is 1. The van der Waals surface area contributed by atoms with Crippen molar-refractivity contribution < 1.29 is 14.3 Å². The average Bonchev–Trinajstić information content (AvgIpc) is 3.56. The summed E-state index contributed by atoms with van der Waals surface area (Å²) in [6.45, 7) is 5.58. The first-order valence-corrected chi connectivity index (χ1v) is 12.1. The van der Waals surface area contributed by atoms with Gasteiger partial charge in [-0.25, -0.2) is 4.79 Å². The lowest BCUT2D eigenvalue weighted by Gasteiger charge is -2.22. The van der Waals surface area contributed by atoms with Gasteiger partial charge in [0.15, 0.2) is 0 Å². The van der Waals surface area contributed by atoms with Crippen LogP contribution in [-0.4, -0.2) is 72.2 Å². The molecule has 2 aliphatic heterocycles. The van der Waals surface area contributed by atoms with Gasteiger partial charge >= 0.3 is 6.03 Å². The first kappa shape index (κ1) is 27.1. The molecule has 2 fully saturated rings. The van der Waals surface area contributed by atoms with E-state index in [2.05, 4.69) is 10.00 Å². The Morgan fingerprint density at radius 2 is 1.89 bits per heavy atom. The van der Waals surface area contributed by atoms with E-state index in [1.807, 2.05) is 36.0 Å². The number of rotatable bonds is 6. The van der Waals surface area contributed by atoms with Crippen LogP contribution in [-0.2, 0) is 11.3 Å². The van der Waals surface area contributed by atoms with E-state index >= 15 is 0 Å². The predicted octanol–water partition coefficient (Wildman–Crippen LogP) is 2.49. The molecule has 36 heavy (non-hydrogen) atoms. The van der Waals surface area contributed by atoms with E-state index in [4.69, 9.17) is 32.6 Å². The largest absolute Gasteiger partial charge is 0.456 e. The van der Waals surface area contributed by atoms with Crippen molar-refractivity contribution in [2.75, 3.05) is 45.2 Å². The van der Waals surface area contributed by atoms with Gasteiger partial charge in [0.05, 0.1) is 18.1 Å². The molecule has 0 bridgehead atoms. The highest BCUT2D eigenvalue weighted by atomic mass is 35.5. The SMILES string of the molecule is CC=O.CN(C)c1cnn(C(=O)N2CC3CN(Cc4ccc(OC(/C=C\N)=C/N)cc4Cl)CC3C2)c1. The quantitative estimate of drug-likeness (QED) is 0.342. The molecule has 0 radical (unpaired) electrons. The predicted molar refractivity (Wildman–Crippen MR) is 141 cm³/mol. The van der Waals surface area contributed by atoms with Gasteiger partial charge < -0.3 is 30.8 Å². The summed E-state index contributed by atoms with van der Waals surface area (Å²) in [7, 11) is 3.86. The third-order valence-electron chi connectivity index (χ3n) is 6.19. The number of carbonyl (C=O) groups is 2. The molecule has 10 nitrogen and oxygen atoms in total. The van der Waals surface area contributed by atoms with Gasteiger partial charge in [0, 0.05) is 58.0 Å². The molecule has 3 heterocycles. The summed E-state index contributed by atoms with van der Waals surface area (Å²) in [5, 5.41) is 4.87. The number of ether oxygens (including phenoxy) is 1. The second kappa shape index (κ2) is 12.5. The number of benzene rings is 1. The normalized spacial score (nSPS) is 19.7. The van der Waals surface area contributed by atoms with E-state index in [1.54, 1.807) is 24.5 Å². The van der Waals surface area contributed by atoms with Gasteiger partial charge in [0.1, 0.15) is 17.8 Å². The van der Waals surface area contributed by atoms with E-state index in [9.17, 15) is 4.79 Å². The zero-order chi connectivity index (χ0) is 26.2. The summed E-state index contributed by atoms with van der Waals surface area (Å²) >= 11 is 6.52. The van der Waals surface area contributed by atoms with Crippen molar-refractivity contribution in [1.82, 2.24) is 19.6 Å². The Kier molecular flexibility index (Phi) is 9.38. The minimum absolute atomic E-state index is 0.0574. The lowest BCUT2D eigenvalue weighted by molar-refractivity contribution is -0.106. The van der Waals surface area contributed by atoms with E-state index < -0.39 is 0 Å². The number of fused-ring (bicyclic) bond motifs is 1. The number of anilines is 1. The van der Waals surface area contributed by atoms with Gasteiger partial charge in [-0.1, -0.05) is 17.7 Å². The van der Waals surface area contributed by atoms with Crippen LogP contribution in [0, 0.1) is 11.8 Å². The number of hydrogen-bond donors (Lipinski definition) is 2. The van der Waals surface area contributed by atoms with E-state index in [0.717, 1.165) is 50.3 Å². The van der Waals surface area contributed by atoms with Crippen molar-refractivity contribution in [1.29, 1.82) is 0 Å². The molecule has 11 heteroatoms. The molecular weight excluding hydrogens is 482 g/mol. The van der Waals surface area contributed by atoms with Crippen LogP contribution < -0.4 is 21.1 Å². The van der Waals surface area contributed by atoms with E-state index in [-0.39, 0.29) is 6.03 Å². The molecule has 4 rings (SSSR count). The molecule has 2 unspecified atom stereocenters. The standard InChI is InChI=1S/C23H30ClN7O2.C2H4O/c1-28(2)19-9-27-31(15-19)23(32)30-13-17-11-29(12-18(17)14-30)10-16-3-4-20(7-22(16)24)33-21(8-26)5-6-25;1-2-3/h3-9,15,17-18H,10-14,25-26H2,1-2H3;2H,1H3/b6-5-,21-8+;. The van der Waals surface area contributed by atoms with Gasteiger partial charge in [0.2, 0.25) is 0 Å². The summed E-state index contributed by atoms with van der Waals surface area (Å²) in [4.78, 5) is 27.9. The van der Waals surface area contributed by atoms with Crippen LogP contribution in [0.15, 0.2) is 54.8 Å². The summed E-state index contributed by atoms with van der Waals surface area (Å²) in [5.41, 5.74) is 12.9. The van der Waals surface area contributed by atoms with Crippen molar-refractivity contribution in [3.05, 3.63) is 65.4 Å². The lowest BCUT2D eigenvalue weighted by atomic mass is 10.0. The number of aromatic nitrogens is 2. The first-order valence-electron chi connectivity index (χ1n) is 11.7. The van der Waals surface area contributed by atoms with Crippen molar-refractivity contribution in [3.63, 3.8) is 0 Å². The highest BCUT2D eigenvalue weighted by Crippen LogP contribution is 2.34. The van der Waals surface area contributed by atoms with Crippen LogP contribution in [0.5, 0.6) is 5.75 Å². The topological polar surface area (TPSA) is 123 Å². The molecule has 2 atom stereocenters. The minimum Gasteiger partial charge on any atom is -0.456 e. The number of likely N-dealkylation sites (tertiary alicyclic amines) is 2. The number of nitrogens with zero attached hydrogens (tertiary/aromatic N) is 5.